The third kappa shape index (κ3) is 51.8. The highest BCUT2D eigenvalue weighted by Crippen LogP contribution is 2.43. The van der Waals surface area contributed by atoms with E-state index in [9.17, 15) is 19.0 Å². The van der Waals surface area contributed by atoms with E-state index in [0.717, 1.165) is 109 Å². The highest BCUT2D eigenvalue weighted by atomic mass is 31.2. The maximum Gasteiger partial charge on any atom is 0.472 e. The topological polar surface area (TPSA) is 134 Å². The van der Waals surface area contributed by atoms with Crippen molar-refractivity contribution in [3.05, 3.63) is 122 Å². The van der Waals surface area contributed by atoms with E-state index in [1.165, 1.54) is 57.8 Å². The Kier molecular flexibility index (Phi) is 50.0. The van der Waals surface area contributed by atoms with Gasteiger partial charge in [-0.05, 0) is 89.9 Å². The standard InChI is InChI=1S/C58H96NO8P/c1-3-5-7-9-11-13-14-15-16-17-18-19-20-21-22-23-24-25-26-27-28-29-30-31-32-33-34-35-36-37-38-39-40-41-42-43-45-47-49-51-58(61)67-56(55-66-68(62,63)65-53-52-59)54-64-57(60)50-48-46-44-12-10-8-6-4-2/h5,7,11,13,15-16,18-19,21-22,24-25,27-28,30-31,33-34,36-37,56H,3-4,6,8-10,12,14,17,20,23,26,29,32,35,38-55,59H2,1-2H3,(H,62,63)/b7-5-,13-11-,16-15-,19-18-,22-21-,25-24-,28-27-,31-30-,34-33-,37-36-. The fraction of sp³-hybridized carbons (Fsp3) is 0.621. The highest BCUT2D eigenvalue weighted by Gasteiger charge is 2.26. The molecule has 3 N–H and O–H groups in total. The lowest BCUT2D eigenvalue weighted by Crippen LogP contribution is -2.29. The monoisotopic (exact) mass is 966 g/mol. The number of nitrogens with two attached hydrogens (primary N) is 1. The van der Waals surface area contributed by atoms with Crippen LogP contribution in [0.3, 0.4) is 0 Å². The molecule has 0 aromatic heterocycles. The van der Waals surface area contributed by atoms with Crippen LogP contribution in [0.1, 0.15) is 200 Å². The Balaban J connectivity index is 3.94. The van der Waals surface area contributed by atoms with Crippen LogP contribution in [0, 0.1) is 0 Å². The maximum atomic E-state index is 12.6. The minimum absolute atomic E-state index is 0.0473. The predicted octanol–water partition coefficient (Wildman–Crippen LogP) is 16.4. The summed E-state index contributed by atoms with van der Waals surface area (Å²) in [5.41, 5.74) is 5.35. The van der Waals surface area contributed by atoms with E-state index in [2.05, 4.69) is 135 Å². The van der Waals surface area contributed by atoms with Crippen LogP contribution in [0.5, 0.6) is 0 Å². The number of carbonyl (C=O) groups excluding carboxylic acids is 2. The van der Waals surface area contributed by atoms with E-state index < -0.39 is 32.5 Å². The normalized spacial score (nSPS) is 14.1. The van der Waals surface area contributed by atoms with Crippen molar-refractivity contribution in [3.63, 3.8) is 0 Å². The Morgan fingerprint density at radius 1 is 0.456 bits per heavy atom. The number of hydrogen-bond donors (Lipinski definition) is 2. The first kappa shape index (κ1) is 64.4. The van der Waals surface area contributed by atoms with Crippen molar-refractivity contribution in [2.75, 3.05) is 26.4 Å². The number of rotatable bonds is 48. The van der Waals surface area contributed by atoms with E-state index >= 15 is 0 Å². The Morgan fingerprint density at radius 3 is 1.21 bits per heavy atom. The van der Waals surface area contributed by atoms with Crippen LogP contribution in [-0.2, 0) is 32.7 Å². The van der Waals surface area contributed by atoms with Crippen LogP contribution in [0.25, 0.3) is 0 Å². The first-order chi connectivity index (χ1) is 33.3. The van der Waals surface area contributed by atoms with Crippen molar-refractivity contribution in [1.29, 1.82) is 0 Å². The molecule has 0 aliphatic carbocycles. The van der Waals surface area contributed by atoms with E-state index in [1.807, 2.05) is 0 Å². The van der Waals surface area contributed by atoms with Gasteiger partial charge in [0.05, 0.1) is 13.2 Å². The third-order valence-corrected chi connectivity index (χ3v) is 11.6. The fourth-order valence-corrected chi connectivity index (χ4v) is 7.49. The fourth-order valence-electron chi connectivity index (χ4n) is 6.72. The number of unbranched alkanes of at least 4 members (excludes halogenated alkanes) is 15. The molecule has 0 saturated carbocycles. The number of ether oxygens (including phenoxy) is 2. The molecule has 0 aromatic carbocycles. The van der Waals surface area contributed by atoms with Gasteiger partial charge < -0.3 is 20.1 Å². The molecule has 68 heavy (non-hydrogen) atoms. The second-order valence-electron chi connectivity index (χ2n) is 17.0. The summed E-state index contributed by atoms with van der Waals surface area (Å²) in [7, 11) is -4.38. The van der Waals surface area contributed by atoms with Gasteiger partial charge in [-0.2, -0.15) is 0 Å². The smallest absolute Gasteiger partial charge is 0.462 e. The van der Waals surface area contributed by atoms with Crippen LogP contribution in [0.4, 0.5) is 0 Å². The molecular formula is C58H96NO8P. The summed E-state index contributed by atoms with van der Waals surface area (Å²) >= 11 is 0. The van der Waals surface area contributed by atoms with Crippen LogP contribution in [0.15, 0.2) is 122 Å². The van der Waals surface area contributed by atoms with Gasteiger partial charge >= 0.3 is 19.8 Å². The average Bonchev–Trinajstić information content (AvgIpc) is 3.33. The molecule has 0 heterocycles. The number of phosphoric ester groups is 1. The molecule has 0 bridgehead atoms. The first-order valence-electron chi connectivity index (χ1n) is 26.5. The van der Waals surface area contributed by atoms with Gasteiger partial charge in [0.15, 0.2) is 6.10 Å². The number of hydrogen-bond acceptors (Lipinski definition) is 8. The third-order valence-electron chi connectivity index (χ3n) is 10.6. The zero-order valence-corrected chi connectivity index (χ0v) is 43.7. The van der Waals surface area contributed by atoms with Crippen molar-refractivity contribution in [3.8, 4) is 0 Å². The number of carbonyl (C=O) groups is 2. The Labute approximate surface area is 415 Å². The van der Waals surface area contributed by atoms with Crippen molar-refractivity contribution in [1.82, 2.24) is 0 Å². The van der Waals surface area contributed by atoms with E-state index in [0.29, 0.717) is 6.42 Å². The van der Waals surface area contributed by atoms with Gasteiger partial charge in [0.2, 0.25) is 0 Å². The molecule has 0 fully saturated rings. The lowest BCUT2D eigenvalue weighted by atomic mass is 10.1. The van der Waals surface area contributed by atoms with E-state index in [-0.39, 0.29) is 32.6 Å². The number of esters is 2. The molecule has 0 aliphatic heterocycles. The van der Waals surface area contributed by atoms with Gasteiger partial charge in [-0.25, -0.2) is 4.57 Å². The largest absolute Gasteiger partial charge is 0.472 e. The molecule has 0 amide bonds. The minimum Gasteiger partial charge on any atom is -0.462 e. The molecule has 0 aliphatic rings. The molecule has 386 valence electrons. The molecule has 0 rings (SSSR count). The van der Waals surface area contributed by atoms with Crippen molar-refractivity contribution in [2.24, 2.45) is 5.73 Å². The Morgan fingerprint density at radius 2 is 0.809 bits per heavy atom. The van der Waals surface area contributed by atoms with Gasteiger partial charge in [-0.3, -0.25) is 18.6 Å². The van der Waals surface area contributed by atoms with Gasteiger partial charge in [-0.1, -0.05) is 219 Å². The van der Waals surface area contributed by atoms with Gasteiger partial charge in [0, 0.05) is 19.4 Å². The molecule has 0 radical (unpaired) electrons. The second-order valence-corrected chi connectivity index (χ2v) is 18.5. The highest BCUT2D eigenvalue weighted by molar-refractivity contribution is 7.47. The van der Waals surface area contributed by atoms with Gasteiger partial charge in [0.25, 0.3) is 0 Å². The van der Waals surface area contributed by atoms with Crippen molar-refractivity contribution < 1.29 is 37.6 Å². The summed E-state index contributed by atoms with van der Waals surface area (Å²) in [4.78, 5) is 34.8. The summed E-state index contributed by atoms with van der Waals surface area (Å²) < 4.78 is 32.7. The zero-order valence-electron chi connectivity index (χ0n) is 42.8. The summed E-state index contributed by atoms with van der Waals surface area (Å²) in [6.45, 7) is 3.55. The minimum atomic E-state index is -4.38. The summed E-state index contributed by atoms with van der Waals surface area (Å²) in [6.07, 6.45) is 72.7. The lowest BCUT2D eigenvalue weighted by Gasteiger charge is -2.19. The summed E-state index contributed by atoms with van der Waals surface area (Å²) in [5.74, 6) is -0.850. The van der Waals surface area contributed by atoms with Crippen LogP contribution in [-0.4, -0.2) is 49.3 Å². The van der Waals surface area contributed by atoms with Crippen LogP contribution < -0.4 is 5.73 Å². The van der Waals surface area contributed by atoms with Gasteiger partial charge in [-0.15, -0.1) is 0 Å². The average molecular weight is 966 g/mol. The first-order valence-corrected chi connectivity index (χ1v) is 28.0. The predicted molar refractivity (Wildman–Crippen MR) is 288 cm³/mol. The van der Waals surface area contributed by atoms with Crippen molar-refractivity contribution >= 4 is 19.8 Å². The van der Waals surface area contributed by atoms with Gasteiger partial charge in [0.1, 0.15) is 6.61 Å². The molecule has 10 heteroatoms. The quantitative estimate of drug-likeness (QED) is 0.0264. The molecule has 0 saturated heterocycles. The molecule has 2 unspecified atom stereocenters. The lowest BCUT2D eigenvalue weighted by molar-refractivity contribution is -0.161. The summed E-state index contributed by atoms with van der Waals surface area (Å²) in [5, 5.41) is 0. The molecule has 0 aromatic rings. The molecular weight excluding hydrogens is 870 g/mol. The molecule has 9 nitrogen and oxygen atoms in total. The second kappa shape index (κ2) is 52.8. The Bertz CT molecular complexity index is 1520. The zero-order chi connectivity index (χ0) is 49.5. The summed E-state index contributed by atoms with van der Waals surface area (Å²) in [6, 6.07) is 0. The molecule has 0 spiro atoms. The van der Waals surface area contributed by atoms with Crippen LogP contribution in [0.2, 0.25) is 0 Å². The maximum absolute atomic E-state index is 12.6. The van der Waals surface area contributed by atoms with Crippen LogP contribution >= 0.6 is 7.82 Å². The Hall–Kier alpha value is -3.59. The number of phosphoric acid groups is 1. The number of allylic oxidation sites excluding steroid dienone is 20. The molecule has 2 atom stereocenters. The van der Waals surface area contributed by atoms with E-state index in [1.54, 1.807) is 0 Å². The van der Waals surface area contributed by atoms with E-state index in [4.69, 9.17) is 24.3 Å². The SMILES string of the molecule is CC/C=C\C/C=C\C/C=C\C/C=C\C/C=C\C/C=C\C/C=C\C/C=C\C/C=C\C/C=C\CCCCCCCCCCC(=O)OC(COC(=O)CCCCCCCCCC)COP(=O)(O)OCCN. The van der Waals surface area contributed by atoms with Crippen molar-refractivity contribution in [2.45, 2.75) is 206 Å².